The van der Waals surface area contributed by atoms with E-state index < -0.39 is 15.9 Å². The third-order valence-electron chi connectivity index (χ3n) is 0.751. The van der Waals surface area contributed by atoms with Gasteiger partial charge in [-0.1, -0.05) is 0 Å². The minimum Gasteiger partial charge on any atom is -0.395 e. The molecule has 0 aromatic heterocycles. The number of sulfone groups is 1. The lowest BCUT2D eigenvalue weighted by Gasteiger charge is -2.03. The highest BCUT2D eigenvalue weighted by Crippen LogP contribution is 1.85. The minimum atomic E-state index is -3.02. The molecule has 0 saturated carbocycles. The Hall–Kier alpha value is -0.130. The van der Waals surface area contributed by atoms with Gasteiger partial charge in [0, 0.05) is 12.3 Å². The highest BCUT2D eigenvalue weighted by Gasteiger charge is 2.08. The number of hydrogen-bond acceptors (Lipinski definition) is 4. The van der Waals surface area contributed by atoms with Gasteiger partial charge >= 0.3 is 0 Å². The molecule has 0 fully saturated rings. The van der Waals surface area contributed by atoms with E-state index in [0.29, 0.717) is 0 Å². The highest BCUT2D eigenvalue weighted by atomic mass is 32.2. The summed E-state index contributed by atoms with van der Waals surface area (Å²) in [6.45, 7) is -0.285. The van der Waals surface area contributed by atoms with Gasteiger partial charge in [0.2, 0.25) is 0 Å². The Kier molecular flexibility index (Phi) is 3.10. The predicted molar refractivity (Wildman–Crippen MR) is 34.8 cm³/mol. The summed E-state index contributed by atoms with van der Waals surface area (Å²) in [5.41, 5.74) is 5.13. The van der Waals surface area contributed by atoms with Crippen molar-refractivity contribution in [3.63, 3.8) is 0 Å². The summed E-state index contributed by atoms with van der Waals surface area (Å²) in [6.07, 6.45) is 1.09. The summed E-state index contributed by atoms with van der Waals surface area (Å²) < 4.78 is 20.8. The van der Waals surface area contributed by atoms with Crippen LogP contribution in [-0.2, 0) is 9.84 Å². The predicted octanol–water partition coefficient (Wildman–Crippen LogP) is -1.65. The lowest BCUT2D eigenvalue weighted by Crippen LogP contribution is -2.32. The molecule has 0 bridgehead atoms. The van der Waals surface area contributed by atoms with Crippen molar-refractivity contribution in [2.24, 2.45) is 5.73 Å². The molecule has 4 nitrogen and oxygen atoms in total. The van der Waals surface area contributed by atoms with E-state index in [0.717, 1.165) is 6.26 Å². The molecule has 5 heteroatoms. The normalized spacial score (nSPS) is 15.4. The van der Waals surface area contributed by atoms with Gasteiger partial charge in [0.25, 0.3) is 0 Å². The Bertz CT molecular complexity index is 163. The lowest BCUT2D eigenvalue weighted by molar-refractivity contribution is 0.274. The summed E-state index contributed by atoms with van der Waals surface area (Å²) in [6, 6.07) is -0.639. The van der Waals surface area contributed by atoms with Crippen LogP contribution in [-0.4, -0.2) is 38.2 Å². The monoisotopic (exact) mass is 153 g/mol. The first-order valence-electron chi connectivity index (χ1n) is 2.50. The average molecular weight is 153 g/mol. The summed E-state index contributed by atoms with van der Waals surface area (Å²) >= 11 is 0. The van der Waals surface area contributed by atoms with Crippen LogP contribution >= 0.6 is 0 Å². The smallest absolute Gasteiger partial charge is 0.149 e. The van der Waals surface area contributed by atoms with Crippen LogP contribution in [0, 0.1) is 0 Å². The van der Waals surface area contributed by atoms with E-state index in [1.807, 2.05) is 0 Å². The van der Waals surface area contributed by atoms with Gasteiger partial charge < -0.3 is 10.8 Å². The maximum Gasteiger partial charge on any atom is 0.149 e. The fraction of sp³-hybridized carbons (Fsp3) is 1.00. The molecule has 9 heavy (non-hydrogen) atoms. The molecule has 0 saturated heterocycles. The zero-order chi connectivity index (χ0) is 7.49. The molecule has 0 aliphatic rings. The second-order valence-electron chi connectivity index (χ2n) is 2.04. The van der Waals surface area contributed by atoms with Crippen LogP contribution in [0.3, 0.4) is 0 Å². The summed E-state index contributed by atoms with van der Waals surface area (Å²) in [5, 5.41) is 8.31. The number of nitrogens with two attached hydrogens (primary N) is 1. The Balaban J connectivity index is 3.75. The van der Waals surface area contributed by atoms with E-state index >= 15 is 0 Å². The van der Waals surface area contributed by atoms with Crippen LogP contribution in [0.5, 0.6) is 0 Å². The number of aliphatic hydroxyl groups is 1. The van der Waals surface area contributed by atoms with Crippen molar-refractivity contribution in [1.82, 2.24) is 0 Å². The molecular weight excluding hydrogens is 142 g/mol. The van der Waals surface area contributed by atoms with Crippen molar-refractivity contribution >= 4 is 9.84 Å². The molecule has 0 unspecified atom stereocenters. The molecular formula is C4H11NO3S. The van der Waals surface area contributed by atoms with E-state index in [1.165, 1.54) is 0 Å². The quantitative estimate of drug-likeness (QED) is 0.509. The third kappa shape index (κ3) is 5.75. The summed E-state index contributed by atoms with van der Waals surface area (Å²) in [5.74, 6) is -0.149. The Morgan fingerprint density at radius 1 is 1.67 bits per heavy atom. The molecule has 0 spiro atoms. The summed E-state index contributed by atoms with van der Waals surface area (Å²) in [4.78, 5) is 0. The van der Waals surface area contributed by atoms with Crippen LogP contribution < -0.4 is 5.73 Å². The fourth-order valence-electron chi connectivity index (χ4n) is 0.442. The number of rotatable bonds is 3. The van der Waals surface area contributed by atoms with E-state index in [4.69, 9.17) is 10.8 Å². The zero-order valence-corrected chi connectivity index (χ0v) is 6.06. The lowest BCUT2D eigenvalue weighted by atomic mass is 10.4. The minimum absolute atomic E-state index is 0.149. The maximum atomic E-state index is 10.4. The van der Waals surface area contributed by atoms with Gasteiger partial charge in [-0.05, 0) is 0 Å². The molecule has 56 valence electrons. The third-order valence-corrected chi connectivity index (χ3v) is 1.78. The maximum absolute atomic E-state index is 10.4. The second kappa shape index (κ2) is 3.14. The molecule has 0 rings (SSSR count). The van der Waals surface area contributed by atoms with E-state index in [2.05, 4.69) is 0 Å². The largest absolute Gasteiger partial charge is 0.395 e. The van der Waals surface area contributed by atoms with Gasteiger partial charge in [0.15, 0.2) is 0 Å². The van der Waals surface area contributed by atoms with Crippen molar-refractivity contribution in [2.75, 3.05) is 18.6 Å². The van der Waals surface area contributed by atoms with Gasteiger partial charge in [-0.25, -0.2) is 8.42 Å². The van der Waals surface area contributed by atoms with Gasteiger partial charge in [-0.3, -0.25) is 0 Å². The standard InChI is InChI=1S/C4H11NO3S/c1-9(7,8)3-4(5)2-6/h4,6H,2-3,5H2,1H3/t4-/m1/s1. The van der Waals surface area contributed by atoms with Crippen molar-refractivity contribution in [3.05, 3.63) is 0 Å². The Labute approximate surface area is 54.6 Å². The van der Waals surface area contributed by atoms with Gasteiger partial charge in [0.1, 0.15) is 9.84 Å². The first kappa shape index (κ1) is 8.87. The van der Waals surface area contributed by atoms with Crippen molar-refractivity contribution in [3.8, 4) is 0 Å². The zero-order valence-electron chi connectivity index (χ0n) is 5.24. The van der Waals surface area contributed by atoms with Crippen molar-refractivity contribution in [1.29, 1.82) is 0 Å². The van der Waals surface area contributed by atoms with Crippen LogP contribution in [0.4, 0.5) is 0 Å². The summed E-state index contributed by atoms with van der Waals surface area (Å²) in [7, 11) is -3.02. The highest BCUT2D eigenvalue weighted by molar-refractivity contribution is 7.90. The molecule has 0 aliphatic heterocycles. The molecule has 1 atom stereocenters. The van der Waals surface area contributed by atoms with Gasteiger partial charge in [-0.2, -0.15) is 0 Å². The number of hydrogen-bond donors (Lipinski definition) is 2. The first-order chi connectivity index (χ1) is 3.95. The van der Waals surface area contributed by atoms with Crippen LogP contribution in [0.2, 0.25) is 0 Å². The molecule has 3 N–H and O–H groups in total. The molecule has 0 aliphatic carbocycles. The second-order valence-corrected chi connectivity index (χ2v) is 4.22. The van der Waals surface area contributed by atoms with E-state index in [1.54, 1.807) is 0 Å². The van der Waals surface area contributed by atoms with Gasteiger partial charge in [0.05, 0.1) is 12.4 Å². The van der Waals surface area contributed by atoms with E-state index in [-0.39, 0.29) is 12.4 Å². The Morgan fingerprint density at radius 3 is 2.22 bits per heavy atom. The first-order valence-corrected chi connectivity index (χ1v) is 4.56. The van der Waals surface area contributed by atoms with Crippen LogP contribution in [0.25, 0.3) is 0 Å². The molecule has 0 aromatic carbocycles. The molecule has 0 amide bonds. The number of aliphatic hydroxyl groups excluding tert-OH is 1. The van der Waals surface area contributed by atoms with Crippen molar-refractivity contribution < 1.29 is 13.5 Å². The van der Waals surface area contributed by atoms with E-state index in [9.17, 15) is 8.42 Å². The van der Waals surface area contributed by atoms with Crippen LogP contribution in [0.1, 0.15) is 0 Å². The van der Waals surface area contributed by atoms with Gasteiger partial charge in [-0.15, -0.1) is 0 Å². The topological polar surface area (TPSA) is 80.4 Å². The Morgan fingerprint density at radius 2 is 2.11 bits per heavy atom. The molecule has 0 heterocycles. The molecule has 0 aromatic rings. The fourth-order valence-corrected chi connectivity index (χ4v) is 1.32. The SMILES string of the molecule is CS(=O)(=O)C[C@H](N)CO. The average Bonchev–Trinajstić information content (AvgIpc) is 1.62. The molecule has 0 radical (unpaired) electrons. The van der Waals surface area contributed by atoms with Crippen LogP contribution in [0.15, 0.2) is 0 Å². The van der Waals surface area contributed by atoms with Crippen molar-refractivity contribution in [2.45, 2.75) is 6.04 Å².